The standard InChI is InChI=1S/C23H24Cl2N4O4S/c1-15-11-18(16(2)29(15)9-10-33-3)14-26-27-23(30)17-5-4-6-20(12-17)34(31,32)28-22-13-19(24)7-8-21(22)25/h4-8,11-14,28H,9-10H2,1-3H3,(H,27,30)/b26-14+. The molecule has 8 nitrogen and oxygen atoms in total. The molecule has 34 heavy (non-hydrogen) atoms. The van der Waals surface area contributed by atoms with Gasteiger partial charge < -0.3 is 9.30 Å². The molecule has 1 heterocycles. The number of amides is 1. The molecule has 1 aromatic heterocycles. The van der Waals surface area contributed by atoms with Crippen LogP contribution in [0.3, 0.4) is 0 Å². The summed E-state index contributed by atoms with van der Waals surface area (Å²) in [7, 11) is -2.36. The normalized spacial score (nSPS) is 11.7. The van der Waals surface area contributed by atoms with E-state index in [1.807, 2.05) is 19.9 Å². The number of halogens is 2. The number of carbonyl (C=O) groups excluding carboxylic acids is 1. The van der Waals surface area contributed by atoms with Crippen molar-refractivity contribution in [2.75, 3.05) is 18.4 Å². The largest absolute Gasteiger partial charge is 0.383 e. The van der Waals surface area contributed by atoms with E-state index in [-0.39, 0.29) is 21.2 Å². The van der Waals surface area contributed by atoms with Crippen molar-refractivity contribution in [2.45, 2.75) is 25.3 Å². The van der Waals surface area contributed by atoms with E-state index in [9.17, 15) is 13.2 Å². The molecule has 180 valence electrons. The summed E-state index contributed by atoms with van der Waals surface area (Å²) in [6.45, 7) is 5.24. The van der Waals surface area contributed by atoms with E-state index in [1.165, 1.54) is 36.4 Å². The van der Waals surface area contributed by atoms with Gasteiger partial charge in [-0.3, -0.25) is 9.52 Å². The smallest absolute Gasteiger partial charge is 0.271 e. The van der Waals surface area contributed by atoms with Gasteiger partial charge >= 0.3 is 0 Å². The zero-order valence-electron chi connectivity index (χ0n) is 18.8. The number of ether oxygens (including phenoxy) is 1. The van der Waals surface area contributed by atoms with E-state index in [1.54, 1.807) is 19.4 Å². The van der Waals surface area contributed by atoms with Crippen molar-refractivity contribution in [3.63, 3.8) is 0 Å². The van der Waals surface area contributed by atoms with Crippen molar-refractivity contribution in [3.05, 3.63) is 81.1 Å². The number of carbonyl (C=O) groups is 1. The third-order valence-corrected chi connectivity index (χ3v) is 7.01. The van der Waals surface area contributed by atoms with Crippen molar-refractivity contribution in [2.24, 2.45) is 5.10 Å². The lowest BCUT2D eigenvalue weighted by molar-refractivity contribution is 0.0955. The molecule has 0 saturated heterocycles. The second kappa shape index (κ2) is 11.1. The van der Waals surface area contributed by atoms with E-state index < -0.39 is 15.9 Å². The van der Waals surface area contributed by atoms with Gasteiger partial charge in [-0.05, 0) is 56.3 Å². The monoisotopic (exact) mass is 522 g/mol. The van der Waals surface area contributed by atoms with Crippen LogP contribution < -0.4 is 10.1 Å². The molecule has 0 spiro atoms. The molecule has 0 saturated carbocycles. The Kier molecular flexibility index (Phi) is 8.37. The number of hydrazone groups is 1. The molecule has 0 bridgehead atoms. The molecule has 3 aromatic rings. The number of methoxy groups -OCH3 is 1. The summed E-state index contributed by atoms with van der Waals surface area (Å²) in [6.07, 6.45) is 1.55. The fourth-order valence-corrected chi connectivity index (χ4v) is 4.80. The number of anilines is 1. The van der Waals surface area contributed by atoms with Gasteiger partial charge in [-0.2, -0.15) is 5.10 Å². The number of aromatic nitrogens is 1. The average Bonchev–Trinajstić information content (AvgIpc) is 3.07. The van der Waals surface area contributed by atoms with Crippen LogP contribution in [0.5, 0.6) is 0 Å². The number of sulfonamides is 1. The Balaban J connectivity index is 1.73. The van der Waals surface area contributed by atoms with Crippen LogP contribution >= 0.6 is 23.2 Å². The highest BCUT2D eigenvalue weighted by Crippen LogP contribution is 2.28. The summed E-state index contributed by atoms with van der Waals surface area (Å²) >= 11 is 12.0. The highest BCUT2D eigenvalue weighted by molar-refractivity contribution is 7.92. The van der Waals surface area contributed by atoms with Crippen molar-refractivity contribution in [3.8, 4) is 0 Å². The maximum atomic E-state index is 12.8. The van der Waals surface area contributed by atoms with Gasteiger partial charge in [0.2, 0.25) is 0 Å². The number of benzene rings is 2. The second-order valence-electron chi connectivity index (χ2n) is 7.43. The first-order chi connectivity index (χ1) is 16.1. The number of nitrogens with zero attached hydrogens (tertiary/aromatic N) is 2. The van der Waals surface area contributed by atoms with Crippen molar-refractivity contribution < 1.29 is 17.9 Å². The van der Waals surface area contributed by atoms with Gasteiger partial charge in [-0.1, -0.05) is 29.3 Å². The Morgan fingerprint density at radius 3 is 2.65 bits per heavy atom. The van der Waals surface area contributed by atoms with Crippen LogP contribution in [0, 0.1) is 13.8 Å². The molecule has 0 aliphatic carbocycles. The van der Waals surface area contributed by atoms with E-state index in [2.05, 4.69) is 19.8 Å². The van der Waals surface area contributed by atoms with Gasteiger partial charge in [0.1, 0.15) is 0 Å². The Labute approximate surface area is 208 Å². The molecule has 2 N–H and O–H groups in total. The van der Waals surface area contributed by atoms with Gasteiger partial charge in [0, 0.05) is 41.2 Å². The maximum Gasteiger partial charge on any atom is 0.271 e. The zero-order chi connectivity index (χ0) is 24.9. The summed E-state index contributed by atoms with van der Waals surface area (Å²) < 4.78 is 35.2. The molecule has 1 amide bonds. The first-order valence-corrected chi connectivity index (χ1v) is 12.4. The second-order valence-corrected chi connectivity index (χ2v) is 9.95. The summed E-state index contributed by atoms with van der Waals surface area (Å²) in [5.41, 5.74) is 5.59. The molecular weight excluding hydrogens is 499 g/mol. The molecule has 0 aliphatic rings. The molecule has 11 heteroatoms. The summed E-state index contributed by atoms with van der Waals surface area (Å²) in [6, 6.07) is 12.0. The van der Waals surface area contributed by atoms with Gasteiger partial charge in [0.25, 0.3) is 15.9 Å². The van der Waals surface area contributed by atoms with E-state index in [4.69, 9.17) is 27.9 Å². The van der Waals surface area contributed by atoms with Crippen LogP contribution in [0.15, 0.2) is 58.5 Å². The van der Waals surface area contributed by atoms with E-state index in [0.29, 0.717) is 18.2 Å². The lowest BCUT2D eigenvalue weighted by atomic mass is 10.2. The molecular formula is C23H24Cl2N4O4S. The van der Waals surface area contributed by atoms with Crippen LogP contribution in [0.25, 0.3) is 0 Å². The zero-order valence-corrected chi connectivity index (χ0v) is 21.1. The van der Waals surface area contributed by atoms with Crippen LogP contribution in [0.1, 0.15) is 27.3 Å². The third kappa shape index (κ3) is 6.18. The summed E-state index contributed by atoms with van der Waals surface area (Å²) in [5, 5.41) is 4.55. The Morgan fingerprint density at radius 2 is 1.91 bits per heavy atom. The Morgan fingerprint density at radius 1 is 1.15 bits per heavy atom. The first-order valence-electron chi connectivity index (χ1n) is 10.2. The topological polar surface area (TPSA) is 102 Å². The number of aryl methyl sites for hydroxylation is 1. The van der Waals surface area contributed by atoms with Gasteiger partial charge in [-0.15, -0.1) is 0 Å². The Hall–Kier alpha value is -2.85. The number of nitrogens with one attached hydrogen (secondary N) is 2. The predicted molar refractivity (Wildman–Crippen MR) is 135 cm³/mol. The molecule has 0 fully saturated rings. The molecule has 3 rings (SSSR count). The quantitative estimate of drug-likeness (QED) is 0.316. The Bertz CT molecular complexity index is 1340. The van der Waals surface area contributed by atoms with Crippen molar-refractivity contribution in [1.82, 2.24) is 9.99 Å². The molecule has 2 aromatic carbocycles. The fraction of sp³-hybridized carbons (Fsp3) is 0.217. The van der Waals surface area contributed by atoms with Crippen molar-refractivity contribution in [1.29, 1.82) is 0 Å². The van der Waals surface area contributed by atoms with Crippen LogP contribution in [-0.2, 0) is 21.3 Å². The van der Waals surface area contributed by atoms with Gasteiger partial charge in [0.05, 0.1) is 28.4 Å². The van der Waals surface area contributed by atoms with Crippen molar-refractivity contribution >= 4 is 51.0 Å². The molecule has 0 aliphatic heterocycles. The lowest BCUT2D eigenvalue weighted by Crippen LogP contribution is -2.19. The van der Waals surface area contributed by atoms with Gasteiger partial charge in [-0.25, -0.2) is 13.8 Å². The number of hydrogen-bond donors (Lipinski definition) is 2. The first kappa shape index (κ1) is 25.8. The minimum absolute atomic E-state index is 0.109. The maximum absolute atomic E-state index is 12.8. The SMILES string of the molecule is COCCn1c(C)cc(/C=N/NC(=O)c2cccc(S(=O)(=O)Nc3cc(Cl)ccc3Cl)c2)c1C. The van der Waals surface area contributed by atoms with Gasteiger partial charge in [0.15, 0.2) is 0 Å². The highest BCUT2D eigenvalue weighted by atomic mass is 35.5. The van der Waals surface area contributed by atoms with Crippen LogP contribution in [-0.4, -0.2) is 38.8 Å². The minimum Gasteiger partial charge on any atom is -0.383 e. The van der Waals surface area contributed by atoms with E-state index in [0.717, 1.165) is 17.0 Å². The number of rotatable bonds is 9. The van der Waals surface area contributed by atoms with Crippen LogP contribution in [0.2, 0.25) is 10.0 Å². The van der Waals surface area contributed by atoms with Crippen LogP contribution in [0.4, 0.5) is 5.69 Å². The third-order valence-electron chi connectivity index (χ3n) is 5.08. The predicted octanol–water partition coefficient (Wildman–Crippen LogP) is 4.62. The summed E-state index contributed by atoms with van der Waals surface area (Å²) in [4.78, 5) is 12.5. The molecule has 0 unspecified atom stereocenters. The highest BCUT2D eigenvalue weighted by Gasteiger charge is 2.18. The fourth-order valence-electron chi connectivity index (χ4n) is 3.29. The molecule has 0 radical (unpaired) electrons. The molecule has 0 atom stereocenters. The summed E-state index contributed by atoms with van der Waals surface area (Å²) in [5.74, 6) is -0.553. The lowest BCUT2D eigenvalue weighted by Gasteiger charge is -2.11. The number of hydrogen-bond acceptors (Lipinski definition) is 5. The minimum atomic E-state index is -4.01. The van der Waals surface area contributed by atoms with E-state index >= 15 is 0 Å². The average molecular weight is 523 g/mol.